The molecular formula is C15H23NS. The van der Waals surface area contributed by atoms with Crippen LogP contribution in [0.15, 0.2) is 17.5 Å². The van der Waals surface area contributed by atoms with E-state index in [1.54, 1.807) is 0 Å². The van der Waals surface area contributed by atoms with E-state index in [2.05, 4.69) is 35.7 Å². The summed E-state index contributed by atoms with van der Waals surface area (Å²) in [4.78, 5) is 1.50. The van der Waals surface area contributed by atoms with Crippen LogP contribution in [-0.2, 0) is 6.42 Å². The molecule has 1 unspecified atom stereocenters. The van der Waals surface area contributed by atoms with Gasteiger partial charge in [0, 0.05) is 17.3 Å². The Labute approximate surface area is 110 Å². The second-order valence-corrected chi connectivity index (χ2v) is 5.35. The molecule has 0 spiro atoms. The van der Waals surface area contributed by atoms with Gasteiger partial charge in [0.05, 0.1) is 0 Å². The number of hydrogen-bond donors (Lipinski definition) is 1. The van der Waals surface area contributed by atoms with Gasteiger partial charge in [0.15, 0.2) is 0 Å². The number of rotatable bonds is 9. The molecule has 0 bridgehead atoms. The molecule has 94 valence electrons. The number of thiophene rings is 1. The van der Waals surface area contributed by atoms with Crippen molar-refractivity contribution in [2.45, 2.75) is 51.5 Å². The van der Waals surface area contributed by atoms with E-state index in [0.29, 0.717) is 6.04 Å². The van der Waals surface area contributed by atoms with Crippen LogP contribution >= 0.6 is 11.3 Å². The highest BCUT2D eigenvalue weighted by Crippen LogP contribution is 2.14. The predicted molar refractivity (Wildman–Crippen MR) is 77.4 cm³/mol. The van der Waals surface area contributed by atoms with Gasteiger partial charge in [0.1, 0.15) is 0 Å². The Kier molecular flexibility index (Phi) is 7.79. The molecule has 0 aliphatic rings. The molecule has 0 saturated carbocycles. The Morgan fingerprint density at radius 2 is 2.24 bits per heavy atom. The van der Waals surface area contributed by atoms with Crippen LogP contribution in [0.3, 0.4) is 0 Å². The van der Waals surface area contributed by atoms with Gasteiger partial charge < -0.3 is 5.32 Å². The molecule has 0 aromatic carbocycles. The van der Waals surface area contributed by atoms with Gasteiger partial charge in [-0.15, -0.1) is 23.7 Å². The largest absolute Gasteiger partial charge is 0.314 e. The first-order valence-corrected chi connectivity index (χ1v) is 7.44. The fourth-order valence-corrected chi connectivity index (χ4v) is 2.82. The molecule has 1 N–H and O–H groups in total. The van der Waals surface area contributed by atoms with E-state index < -0.39 is 0 Å². The minimum absolute atomic E-state index is 0.647. The summed E-state index contributed by atoms with van der Waals surface area (Å²) in [6, 6.07) is 5.01. The fraction of sp³-hybridized carbons (Fsp3) is 0.600. The highest BCUT2D eigenvalue weighted by molar-refractivity contribution is 7.09. The molecule has 0 aliphatic heterocycles. The summed E-state index contributed by atoms with van der Waals surface area (Å²) >= 11 is 1.86. The van der Waals surface area contributed by atoms with Crippen LogP contribution in [0.4, 0.5) is 0 Å². The zero-order valence-electron chi connectivity index (χ0n) is 10.7. The first-order valence-electron chi connectivity index (χ1n) is 6.56. The van der Waals surface area contributed by atoms with E-state index in [4.69, 9.17) is 6.42 Å². The highest BCUT2D eigenvalue weighted by atomic mass is 32.1. The monoisotopic (exact) mass is 249 g/mol. The average Bonchev–Trinajstić information content (AvgIpc) is 2.82. The zero-order chi connectivity index (χ0) is 12.3. The maximum atomic E-state index is 5.28. The number of unbranched alkanes of at least 4 members (excludes halogenated alkanes) is 1. The van der Waals surface area contributed by atoms with Crippen molar-refractivity contribution in [3.63, 3.8) is 0 Å². The summed E-state index contributed by atoms with van der Waals surface area (Å²) < 4.78 is 0. The first kappa shape index (κ1) is 14.3. The van der Waals surface area contributed by atoms with Crippen LogP contribution in [0.1, 0.15) is 43.9 Å². The second kappa shape index (κ2) is 9.27. The summed E-state index contributed by atoms with van der Waals surface area (Å²) in [7, 11) is 0. The molecule has 1 aromatic rings. The SMILES string of the molecule is C#CCCCC(CCCc1cccs1)NCC. The summed E-state index contributed by atoms with van der Waals surface area (Å²) in [5, 5.41) is 5.71. The molecule has 0 aliphatic carbocycles. The van der Waals surface area contributed by atoms with Crippen molar-refractivity contribution in [3.05, 3.63) is 22.4 Å². The third-order valence-electron chi connectivity index (χ3n) is 2.92. The van der Waals surface area contributed by atoms with Gasteiger partial charge >= 0.3 is 0 Å². The number of nitrogens with one attached hydrogen (secondary N) is 1. The third kappa shape index (κ3) is 6.51. The molecule has 0 saturated heterocycles. The topological polar surface area (TPSA) is 12.0 Å². The van der Waals surface area contributed by atoms with E-state index in [1.807, 2.05) is 11.3 Å². The maximum absolute atomic E-state index is 5.28. The predicted octanol–water partition coefficient (Wildman–Crippen LogP) is 3.85. The van der Waals surface area contributed by atoms with Crippen molar-refractivity contribution in [1.82, 2.24) is 5.32 Å². The molecule has 0 fully saturated rings. The van der Waals surface area contributed by atoms with Crippen LogP contribution < -0.4 is 5.32 Å². The lowest BCUT2D eigenvalue weighted by atomic mass is 10.0. The van der Waals surface area contributed by atoms with Gasteiger partial charge in [-0.25, -0.2) is 0 Å². The van der Waals surface area contributed by atoms with Gasteiger partial charge in [-0.1, -0.05) is 13.0 Å². The standard InChI is InChI=1S/C15H23NS/c1-3-5-6-9-14(16-4-2)10-7-11-15-12-8-13-17-15/h1,8,12-14,16H,4-7,9-11H2,2H3. The molecule has 0 radical (unpaired) electrons. The van der Waals surface area contributed by atoms with Gasteiger partial charge in [-0.2, -0.15) is 0 Å². The normalized spacial score (nSPS) is 12.2. The first-order chi connectivity index (χ1) is 8.36. The highest BCUT2D eigenvalue weighted by Gasteiger charge is 2.06. The molecule has 1 heterocycles. The minimum Gasteiger partial charge on any atom is -0.314 e. The lowest BCUT2D eigenvalue weighted by Crippen LogP contribution is -2.28. The summed E-state index contributed by atoms with van der Waals surface area (Å²) in [5.74, 6) is 2.72. The summed E-state index contributed by atoms with van der Waals surface area (Å²) in [6.07, 6.45) is 12.3. The summed E-state index contributed by atoms with van der Waals surface area (Å²) in [5.41, 5.74) is 0. The van der Waals surface area contributed by atoms with Crippen LogP contribution in [0.25, 0.3) is 0 Å². The van der Waals surface area contributed by atoms with Crippen molar-refractivity contribution < 1.29 is 0 Å². The Morgan fingerprint density at radius 1 is 1.41 bits per heavy atom. The quantitative estimate of drug-likeness (QED) is 0.518. The van der Waals surface area contributed by atoms with E-state index in [0.717, 1.165) is 19.4 Å². The minimum atomic E-state index is 0.647. The van der Waals surface area contributed by atoms with Gasteiger partial charge in [-0.05, 0) is 50.1 Å². The molecule has 1 nitrogen and oxygen atoms in total. The smallest absolute Gasteiger partial charge is 0.00866 e. The Morgan fingerprint density at radius 3 is 2.88 bits per heavy atom. The lowest BCUT2D eigenvalue weighted by Gasteiger charge is -2.17. The van der Waals surface area contributed by atoms with Crippen LogP contribution in [-0.4, -0.2) is 12.6 Å². The van der Waals surface area contributed by atoms with E-state index in [1.165, 1.54) is 30.6 Å². The van der Waals surface area contributed by atoms with Crippen molar-refractivity contribution in [3.8, 4) is 12.3 Å². The Balaban J connectivity index is 2.17. The van der Waals surface area contributed by atoms with Crippen molar-refractivity contribution in [2.75, 3.05) is 6.54 Å². The van der Waals surface area contributed by atoms with Crippen LogP contribution in [0.2, 0.25) is 0 Å². The van der Waals surface area contributed by atoms with Crippen LogP contribution in [0.5, 0.6) is 0 Å². The molecule has 1 rings (SSSR count). The van der Waals surface area contributed by atoms with E-state index in [-0.39, 0.29) is 0 Å². The zero-order valence-corrected chi connectivity index (χ0v) is 11.6. The van der Waals surface area contributed by atoms with Crippen molar-refractivity contribution in [2.24, 2.45) is 0 Å². The van der Waals surface area contributed by atoms with Gasteiger partial charge in [-0.3, -0.25) is 0 Å². The molecule has 1 atom stereocenters. The van der Waals surface area contributed by atoms with Gasteiger partial charge in [0.2, 0.25) is 0 Å². The molecule has 1 aromatic heterocycles. The number of aryl methyl sites for hydroxylation is 1. The Bertz CT molecular complexity index is 310. The molecule has 17 heavy (non-hydrogen) atoms. The lowest BCUT2D eigenvalue weighted by molar-refractivity contribution is 0.443. The number of terminal acetylenes is 1. The Hall–Kier alpha value is -0.780. The summed E-state index contributed by atoms with van der Waals surface area (Å²) in [6.45, 7) is 3.23. The van der Waals surface area contributed by atoms with Crippen molar-refractivity contribution in [1.29, 1.82) is 0 Å². The molecule has 2 heteroatoms. The van der Waals surface area contributed by atoms with Gasteiger partial charge in [0.25, 0.3) is 0 Å². The molecule has 0 amide bonds. The number of hydrogen-bond acceptors (Lipinski definition) is 2. The maximum Gasteiger partial charge on any atom is 0.00866 e. The fourth-order valence-electron chi connectivity index (χ4n) is 2.07. The average molecular weight is 249 g/mol. The second-order valence-electron chi connectivity index (χ2n) is 4.32. The van der Waals surface area contributed by atoms with E-state index >= 15 is 0 Å². The molecular weight excluding hydrogens is 226 g/mol. The van der Waals surface area contributed by atoms with Crippen LogP contribution in [0, 0.1) is 12.3 Å². The van der Waals surface area contributed by atoms with Crippen molar-refractivity contribution >= 4 is 11.3 Å². The third-order valence-corrected chi connectivity index (χ3v) is 3.86. The van der Waals surface area contributed by atoms with E-state index in [9.17, 15) is 0 Å².